The molecule has 27 heavy (non-hydrogen) atoms. The molecule has 0 radical (unpaired) electrons. The minimum atomic E-state index is -3.99. The van der Waals surface area contributed by atoms with E-state index in [0.717, 1.165) is 16.7 Å². The molecule has 3 rings (SSSR count). The van der Waals surface area contributed by atoms with Crippen molar-refractivity contribution in [3.05, 3.63) is 30.1 Å². The van der Waals surface area contributed by atoms with Gasteiger partial charge in [0.15, 0.2) is 5.82 Å². The summed E-state index contributed by atoms with van der Waals surface area (Å²) in [7, 11) is -3.99. The molecular formula is C18H25N5O3S. The zero-order chi connectivity index (χ0) is 19.8. The fourth-order valence-corrected chi connectivity index (χ4v) is 3.45. The molecule has 0 aliphatic carbocycles. The third-order valence-corrected chi connectivity index (χ3v) is 4.45. The van der Waals surface area contributed by atoms with Gasteiger partial charge in [0.1, 0.15) is 17.9 Å². The molecule has 1 aromatic carbocycles. The lowest BCUT2D eigenvalue weighted by Gasteiger charge is -2.21. The summed E-state index contributed by atoms with van der Waals surface area (Å²) in [6, 6.07) is 7.57. The molecule has 146 valence electrons. The Hall–Kier alpha value is -2.23. The first-order valence-electron chi connectivity index (χ1n) is 8.75. The van der Waals surface area contributed by atoms with E-state index < -0.39 is 10.2 Å². The summed E-state index contributed by atoms with van der Waals surface area (Å²) in [4.78, 5) is 9.09. The summed E-state index contributed by atoms with van der Waals surface area (Å²) < 4.78 is 33.3. The first-order chi connectivity index (χ1) is 12.6. The zero-order valence-corrected chi connectivity index (χ0v) is 16.8. The normalized spacial score (nSPS) is 12.8. The number of nitrogens with two attached hydrogens (primary N) is 1. The average molecular weight is 391 g/mol. The topological polar surface area (TPSA) is 112 Å². The van der Waals surface area contributed by atoms with Crippen molar-refractivity contribution in [1.29, 1.82) is 0 Å². The van der Waals surface area contributed by atoms with E-state index in [1.54, 1.807) is 0 Å². The largest absolute Gasteiger partial charge is 0.374 e. The molecule has 9 heteroatoms. The smallest absolute Gasteiger partial charge is 0.297 e. The summed E-state index contributed by atoms with van der Waals surface area (Å²) in [6.45, 7) is 9.89. The summed E-state index contributed by atoms with van der Waals surface area (Å²) in [5.41, 5.74) is 1.92. The Labute approximate surface area is 158 Å². The second kappa shape index (κ2) is 7.06. The van der Waals surface area contributed by atoms with E-state index in [0.29, 0.717) is 30.8 Å². The number of hydrogen-bond donors (Lipinski definition) is 2. The molecule has 0 fully saturated rings. The van der Waals surface area contributed by atoms with Crippen molar-refractivity contribution in [2.45, 2.75) is 40.8 Å². The Balaban J connectivity index is 2.37. The quantitative estimate of drug-likeness (QED) is 0.671. The molecule has 0 aliphatic rings. The van der Waals surface area contributed by atoms with Crippen molar-refractivity contribution >= 4 is 38.0 Å². The first kappa shape index (κ1) is 19.5. The van der Waals surface area contributed by atoms with Crippen molar-refractivity contribution in [2.24, 2.45) is 10.6 Å². The molecule has 2 aromatic heterocycles. The molecule has 0 saturated carbocycles. The van der Waals surface area contributed by atoms with Crippen LogP contribution in [0.1, 0.15) is 33.5 Å². The lowest BCUT2D eigenvalue weighted by molar-refractivity contribution is 0.124. The second-order valence-corrected chi connectivity index (χ2v) is 8.93. The Morgan fingerprint density at radius 1 is 1.22 bits per heavy atom. The van der Waals surface area contributed by atoms with Crippen LogP contribution in [0.5, 0.6) is 0 Å². The molecule has 0 bridgehead atoms. The maximum atomic E-state index is 11.6. The van der Waals surface area contributed by atoms with Crippen LogP contribution in [0.2, 0.25) is 0 Å². The number of ether oxygens (including phenoxy) is 1. The SMILES string of the molecule is CCOCc1nc2c(NS(N)(=O)=O)nc3ccccc3c2n1CC(C)(C)C. The van der Waals surface area contributed by atoms with E-state index in [4.69, 9.17) is 9.88 Å². The molecule has 0 amide bonds. The maximum Gasteiger partial charge on any atom is 0.297 e. The van der Waals surface area contributed by atoms with Crippen LogP contribution >= 0.6 is 0 Å². The highest BCUT2D eigenvalue weighted by molar-refractivity contribution is 7.90. The molecule has 3 N–H and O–H groups in total. The third-order valence-electron chi connectivity index (χ3n) is 3.97. The van der Waals surface area contributed by atoms with Gasteiger partial charge >= 0.3 is 0 Å². The Bertz CT molecular complexity index is 1080. The number of hydrogen-bond acceptors (Lipinski definition) is 5. The molecule has 0 aliphatic heterocycles. The van der Waals surface area contributed by atoms with Gasteiger partial charge in [-0.3, -0.25) is 4.72 Å². The van der Waals surface area contributed by atoms with E-state index in [2.05, 4.69) is 40.0 Å². The highest BCUT2D eigenvalue weighted by Gasteiger charge is 2.23. The van der Waals surface area contributed by atoms with Crippen LogP contribution in [0.15, 0.2) is 24.3 Å². The molecule has 0 unspecified atom stereocenters. The number of fused-ring (bicyclic) bond motifs is 3. The van der Waals surface area contributed by atoms with Crippen molar-refractivity contribution < 1.29 is 13.2 Å². The van der Waals surface area contributed by atoms with Crippen LogP contribution in [0.25, 0.3) is 21.9 Å². The number of para-hydroxylation sites is 1. The second-order valence-electron chi connectivity index (χ2n) is 7.63. The zero-order valence-electron chi connectivity index (χ0n) is 16.0. The van der Waals surface area contributed by atoms with Gasteiger partial charge in [0.05, 0.1) is 11.0 Å². The minimum absolute atomic E-state index is 0.0213. The highest BCUT2D eigenvalue weighted by Crippen LogP contribution is 2.32. The van der Waals surface area contributed by atoms with Crippen molar-refractivity contribution in [3.8, 4) is 0 Å². The van der Waals surface area contributed by atoms with Crippen LogP contribution in [-0.4, -0.2) is 29.6 Å². The van der Waals surface area contributed by atoms with Gasteiger partial charge in [0.25, 0.3) is 10.2 Å². The number of pyridine rings is 1. The van der Waals surface area contributed by atoms with Crippen molar-refractivity contribution in [1.82, 2.24) is 14.5 Å². The summed E-state index contributed by atoms with van der Waals surface area (Å²) >= 11 is 0. The van der Waals surface area contributed by atoms with Crippen LogP contribution in [0.3, 0.4) is 0 Å². The van der Waals surface area contributed by atoms with Crippen LogP contribution < -0.4 is 9.86 Å². The van der Waals surface area contributed by atoms with Gasteiger partial charge in [-0.15, -0.1) is 0 Å². The number of nitrogens with zero attached hydrogens (tertiary/aromatic N) is 3. The van der Waals surface area contributed by atoms with Crippen LogP contribution in [0, 0.1) is 5.41 Å². The van der Waals surface area contributed by atoms with Gasteiger partial charge in [-0.2, -0.15) is 8.42 Å². The highest BCUT2D eigenvalue weighted by atomic mass is 32.2. The van der Waals surface area contributed by atoms with Crippen molar-refractivity contribution in [3.63, 3.8) is 0 Å². The Morgan fingerprint density at radius 2 is 1.93 bits per heavy atom. The van der Waals surface area contributed by atoms with E-state index in [9.17, 15) is 8.42 Å². The predicted octanol–water partition coefficient (Wildman–Crippen LogP) is 2.78. The van der Waals surface area contributed by atoms with Crippen molar-refractivity contribution in [2.75, 3.05) is 11.3 Å². The maximum absolute atomic E-state index is 11.6. The predicted molar refractivity (Wildman–Crippen MR) is 107 cm³/mol. The monoisotopic (exact) mass is 391 g/mol. The standard InChI is InChI=1S/C18H25N5O3S/c1-5-26-10-14-21-15-16(23(14)11-18(2,3)4)12-8-6-7-9-13(12)20-17(15)22-27(19,24)25/h6-9H,5,10-11H2,1-4H3,(H,20,22)(H2,19,24,25). The van der Waals surface area contributed by atoms with E-state index in [1.807, 2.05) is 31.2 Å². The first-order valence-corrected chi connectivity index (χ1v) is 10.3. The fourth-order valence-electron chi connectivity index (χ4n) is 3.04. The Kier molecular flexibility index (Phi) is 5.11. The molecule has 3 aromatic rings. The Morgan fingerprint density at radius 3 is 2.56 bits per heavy atom. The van der Waals surface area contributed by atoms with E-state index in [1.165, 1.54) is 0 Å². The average Bonchev–Trinajstić information content (AvgIpc) is 2.89. The number of benzene rings is 1. The summed E-state index contributed by atoms with van der Waals surface area (Å²) in [5.74, 6) is 0.842. The lowest BCUT2D eigenvalue weighted by Crippen LogP contribution is -2.22. The van der Waals surface area contributed by atoms with Crippen LogP contribution in [0.4, 0.5) is 5.82 Å². The molecule has 8 nitrogen and oxygen atoms in total. The molecule has 0 saturated heterocycles. The van der Waals surface area contributed by atoms with E-state index >= 15 is 0 Å². The number of imidazole rings is 1. The number of rotatable bonds is 6. The molecular weight excluding hydrogens is 366 g/mol. The van der Waals surface area contributed by atoms with Gasteiger partial charge in [-0.25, -0.2) is 15.1 Å². The fraction of sp³-hybridized carbons (Fsp3) is 0.444. The lowest BCUT2D eigenvalue weighted by atomic mass is 9.96. The van der Waals surface area contributed by atoms with Gasteiger partial charge in [0, 0.05) is 18.5 Å². The minimum Gasteiger partial charge on any atom is -0.374 e. The van der Waals surface area contributed by atoms with Gasteiger partial charge in [-0.1, -0.05) is 39.0 Å². The molecule has 0 spiro atoms. The summed E-state index contributed by atoms with van der Waals surface area (Å²) in [6.07, 6.45) is 0. The molecule has 0 atom stereocenters. The van der Waals surface area contributed by atoms with Gasteiger partial charge < -0.3 is 9.30 Å². The van der Waals surface area contributed by atoms with E-state index in [-0.39, 0.29) is 11.2 Å². The third kappa shape index (κ3) is 4.37. The molecule has 2 heterocycles. The number of nitrogens with one attached hydrogen (secondary N) is 1. The summed E-state index contributed by atoms with van der Waals surface area (Å²) in [5, 5.41) is 6.09. The van der Waals surface area contributed by atoms with Gasteiger partial charge in [-0.05, 0) is 18.4 Å². The number of aromatic nitrogens is 3. The number of anilines is 1. The van der Waals surface area contributed by atoms with Gasteiger partial charge in [0.2, 0.25) is 0 Å². The van der Waals surface area contributed by atoms with Crippen LogP contribution in [-0.2, 0) is 28.1 Å².